The van der Waals surface area contributed by atoms with Gasteiger partial charge in [-0.05, 0) is 35.2 Å². The number of aromatic nitrogens is 4. The molecule has 0 fully saturated rings. The van der Waals surface area contributed by atoms with Crippen molar-refractivity contribution in [2.45, 2.75) is 26.2 Å². The third-order valence-electron chi connectivity index (χ3n) is 8.80. The molecule has 0 saturated heterocycles. The lowest BCUT2D eigenvalue weighted by Gasteiger charge is -2.23. The summed E-state index contributed by atoms with van der Waals surface area (Å²) < 4.78 is 0. The SMILES string of the molecule is CC(C)(C)c1cc(-c2cccc(-c3nc(-c4ccccc4)cc(-c4ccccc4)n3)c2)nc2c1ccc1ccc(-c3ccccc3)nc12. The summed E-state index contributed by atoms with van der Waals surface area (Å²) >= 11 is 0. The fourth-order valence-corrected chi connectivity index (χ4v) is 6.32. The van der Waals surface area contributed by atoms with E-state index in [9.17, 15) is 0 Å². The van der Waals surface area contributed by atoms with Crippen molar-refractivity contribution in [3.05, 3.63) is 157 Å². The zero-order chi connectivity index (χ0) is 32.7. The first kappa shape index (κ1) is 29.4. The Morgan fingerprint density at radius 1 is 0.375 bits per heavy atom. The monoisotopic (exact) mass is 618 g/mol. The van der Waals surface area contributed by atoms with Crippen LogP contribution in [0.2, 0.25) is 0 Å². The van der Waals surface area contributed by atoms with Crippen LogP contribution >= 0.6 is 0 Å². The van der Waals surface area contributed by atoms with Gasteiger partial charge in [0.2, 0.25) is 0 Å². The van der Waals surface area contributed by atoms with Gasteiger partial charge in [-0.2, -0.15) is 0 Å². The quantitative estimate of drug-likeness (QED) is 0.180. The van der Waals surface area contributed by atoms with Crippen molar-refractivity contribution in [3.8, 4) is 56.4 Å². The molecule has 0 atom stereocenters. The summed E-state index contributed by atoms with van der Waals surface area (Å²) in [5.41, 5.74) is 11.7. The van der Waals surface area contributed by atoms with Gasteiger partial charge in [0.25, 0.3) is 0 Å². The number of rotatable bonds is 5. The summed E-state index contributed by atoms with van der Waals surface area (Å²) in [6.45, 7) is 6.77. The number of benzene rings is 5. The lowest BCUT2D eigenvalue weighted by atomic mass is 9.83. The van der Waals surface area contributed by atoms with E-state index in [-0.39, 0.29) is 5.41 Å². The third-order valence-corrected chi connectivity index (χ3v) is 8.80. The Morgan fingerprint density at radius 3 is 1.48 bits per heavy atom. The first-order valence-corrected chi connectivity index (χ1v) is 16.3. The molecule has 0 unspecified atom stereocenters. The highest BCUT2D eigenvalue weighted by molar-refractivity contribution is 6.05. The predicted molar refractivity (Wildman–Crippen MR) is 199 cm³/mol. The average Bonchev–Trinajstić information content (AvgIpc) is 3.14. The van der Waals surface area contributed by atoms with E-state index in [0.29, 0.717) is 5.82 Å². The highest BCUT2D eigenvalue weighted by Crippen LogP contribution is 2.37. The number of pyridine rings is 2. The zero-order valence-electron chi connectivity index (χ0n) is 27.2. The molecule has 3 aromatic heterocycles. The molecule has 4 heteroatoms. The molecule has 48 heavy (non-hydrogen) atoms. The fraction of sp³-hybridized carbons (Fsp3) is 0.0909. The van der Waals surface area contributed by atoms with E-state index in [2.05, 4.69) is 118 Å². The minimum atomic E-state index is -0.115. The van der Waals surface area contributed by atoms with Crippen LogP contribution in [0.15, 0.2) is 152 Å². The molecule has 8 rings (SSSR count). The van der Waals surface area contributed by atoms with E-state index in [0.717, 1.165) is 72.4 Å². The summed E-state index contributed by atoms with van der Waals surface area (Å²) in [6, 6.07) is 52.2. The van der Waals surface area contributed by atoms with Crippen LogP contribution in [0.5, 0.6) is 0 Å². The van der Waals surface area contributed by atoms with Crippen LogP contribution in [0.25, 0.3) is 78.2 Å². The first-order valence-electron chi connectivity index (χ1n) is 16.3. The van der Waals surface area contributed by atoms with Crippen LogP contribution in [0.4, 0.5) is 0 Å². The predicted octanol–water partition coefficient (Wildman–Crippen LogP) is 11.2. The maximum Gasteiger partial charge on any atom is 0.160 e. The molecular formula is C44H34N4. The Kier molecular flexibility index (Phi) is 7.34. The number of fused-ring (bicyclic) bond motifs is 3. The summed E-state index contributed by atoms with van der Waals surface area (Å²) in [6.07, 6.45) is 0. The molecule has 0 bridgehead atoms. The molecule has 5 aromatic carbocycles. The summed E-state index contributed by atoms with van der Waals surface area (Å²) in [7, 11) is 0. The Balaban J connectivity index is 1.31. The smallest absolute Gasteiger partial charge is 0.160 e. The fourth-order valence-electron chi connectivity index (χ4n) is 6.32. The van der Waals surface area contributed by atoms with Gasteiger partial charge in [0.15, 0.2) is 5.82 Å². The molecule has 0 aliphatic carbocycles. The lowest BCUT2D eigenvalue weighted by molar-refractivity contribution is 0.595. The van der Waals surface area contributed by atoms with Crippen molar-refractivity contribution in [2.75, 3.05) is 0 Å². The molecule has 8 aromatic rings. The molecule has 4 nitrogen and oxygen atoms in total. The van der Waals surface area contributed by atoms with Crippen molar-refractivity contribution in [3.63, 3.8) is 0 Å². The Labute approximate surface area is 280 Å². The van der Waals surface area contributed by atoms with Crippen molar-refractivity contribution in [1.29, 1.82) is 0 Å². The van der Waals surface area contributed by atoms with E-state index in [1.807, 2.05) is 54.6 Å². The molecule has 3 heterocycles. The van der Waals surface area contributed by atoms with Crippen LogP contribution in [0.3, 0.4) is 0 Å². The largest absolute Gasteiger partial charge is 0.245 e. The number of hydrogen-bond acceptors (Lipinski definition) is 4. The van der Waals surface area contributed by atoms with E-state index in [1.54, 1.807) is 0 Å². The molecule has 230 valence electrons. The second-order valence-corrected chi connectivity index (χ2v) is 13.2. The van der Waals surface area contributed by atoms with Gasteiger partial charge in [-0.15, -0.1) is 0 Å². The summed E-state index contributed by atoms with van der Waals surface area (Å²) in [4.78, 5) is 20.7. The van der Waals surface area contributed by atoms with Crippen LogP contribution in [0.1, 0.15) is 26.3 Å². The van der Waals surface area contributed by atoms with Crippen molar-refractivity contribution in [2.24, 2.45) is 0 Å². The molecule has 0 radical (unpaired) electrons. The molecule has 0 aliphatic rings. The molecule has 0 N–H and O–H groups in total. The standard InChI is InChI=1S/C44H34N4/c1-44(2,3)36-27-38(46-42-35(36)24-22-32-23-25-37(45-41(32)42)29-14-7-4-8-15-29)33-20-13-21-34(26-33)43-47-39(30-16-9-5-10-17-30)28-40(48-43)31-18-11-6-12-19-31/h4-28H,1-3H3. The Bertz CT molecular complexity index is 2350. The minimum absolute atomic E-state index is 0.115. The van der Waals surface area contributed by atoms with E-state index in [1.165, 1.54) is 5.56 Å². The van der Waals surface area contributed by atoms with E-state index >= 15 is 0 Å². The van der Waals surface area contributed by atoms with Crippen LogP contribution in [-0.2, 0) is 5.41 Å². The third kappa shape index (κ3) is 5.62. The molecule has 0 saturated carbocycles. The van der Waals surface area contributed by atoms with Crippen molar-refractivity contribution < 1.29 is 0 Å². The van der Waals surface area contributed by atoms with Crippen LogP contribution < -0.4 is 0 Å². The van der Waals surface area contributed by atoms with Crippen molar-refractivity contribution in [1.82, 2.24) is 19.9 Å². The normalized spacial score (nSPS) is 11.6. The molecule has 0 amide bonds. The van der Waals surface area contributed by atoms with Gasteiger partial charge in [-0.3, -0.25) is 0 Å². The van der Waals surface area contributed by atoms with Gasteiger partial charge in [0, 0.05) is 38.6 Å². The topological polar surface area (TPSA) is 51.6 Å². The number of nitrogens with zero attached hydrogens (tertiary/aromatic N) is 4. The van der Waals surface area contributed by atoms with Gasteiger partial charge in [0.05, 0.1) is 33.8 Å². The maximum atomic E-state index is 5.34. The Morgan fingerprint density at radius 2 is 0.875 bits per heavy atom. The summed E-state index contributed by atoms with van der Waals surface area (Å²) in [5, 5.41) is 2.19. The first-order chi connectivity index (χ1) is 23.4. The van der Waals surface area contributed by atoms with Crippen molar-refractivity contribution >= 4 is 21.8 Å². The highest BCUT2D eigenvalue weighted by Gasteiger charge is 2.21. The Hall–Kier alpha value is -6.00. The summed E-state index contributed by atoms with van der Waals surface area (Å²) in [5.74, 6) is 0.675. The zero-order valence-corrected chi connectivity index (χ0v) is 27.2. The molecule has 0 aliphatic heterocycles. The van der Waals surface area contributed by atoms with Gasteiger partial charge >= 0.3 is 0 Å². The van der Waals surface area contributed by atoms with Crippen LogP contribution in [0, 0.1) is 0 Å². The van der Waals surface area contributed by atoms with Gasteiger partial charge in [-0.25, -0.2) is 19.9 Å². The molecular weight excluding hydrogens is 585 g/mol. The highest BCUT2D eigenvalue weighted by atomic mass is 14.9. The second-order valence-electron chi connectivity index (χ2n) is 13.2. The maximum absolute atomic E-state index is 5.34. The second kappa shape index (κ2) is 12.0. The number of hydrogen-bond donors (Lipinski definition) is 0. The molecule has 0 spiro atoms. The van der Waals surface area contributed by atoms with Gasteiger partial charge < -0.3 is 0 Å². The lowest BCUT2D eigenvalue weighted by Crippen LogP contribution is -2.12. The van der Waals surface area contributed by atoms with Gasteiger partial charge in [0.1, 0.15) is 0 Å². The van der Waals surface area contributed by atoms with Gasteiger partial charge in [-0.1, -0.05) is 148 Å². The van der Waals surface area contributed by atoms with Crippen LogP contribution in [-0.4, -0.2) is 19.9 Å². The average molecular weight is 619 g/mol. The minimum Gasteiger partial charge on any atom is -0.245 e. The van der Waals surface area contributed by atoms with E-state index in [4.69, 9.17) is 19.9 Å². The van der Waals surface area contributed by atoms with E-state index < -0.39 is 0 Å².